The number of rotatable bonds is 7. The maximum atomic E-state index is 14.5. The van der Waals surface area contributed by atoms with Gasteiger partial charge in [0, 0.05) is 49.6 Å². The number of methoxy groups -OCH3 is 1. The van der Waals surface area contributed by atoms with Crippen molar-refractivity contribution in [3.63, 3.8) is 0 Å². The van der Waals surface area contributed by atoms with Crippen molar-refractivity contribution in [1.29, 1.82) is 0 Å². The van der Waals surface area contributed by atoms with Gasteiger partial charge in [-0.2, -0.15) is 4.31 Å². The molecule has 2 heterocycles. The van der Waals surface area contributed by atoms with Gasteiger partial charge in [0.1, 0.15) is 16.3 Å². The van der Waals surface area contributed by atoms with Crippen molar-refractivity contribution < 1.29 is 27.8 Å². The number of carbonyl (C=O) groups excluding carboxylic acids is 1. The zero-order valence-electron chi connectivity index (χ0n) is 25.2. The summed E-state index contributed by atoms with van der Waals surface area (Å²) >= 11 is 0. The summed E-state index contributed by atoms with van der Waals surface area (Å²) in [5.41, 5.74) is 4.06. The SMILES string of the molecule is COc1ccccc1S(=O)(=O)N(C)C[C@@H]1OCc2ccccc2-c2c(n(C)c3ccccc23)C(=O)N([C@@H](C)CO)C[C@@H]1C. The number of aliphatic hydroxyl groups is 1. The summed E-state index contributed by atoms with van der Waals surface area (Å²) in [5.74, 6) is -0.220. The molecule has 1 aromatic heterocycles. The van der Waals surface area contributed by atoms with E-state index in [0.717, 1.165) is 27.6 Å². The van der Waals surface area contributed by atoms with Crippen molar-refractivity contribution in [2.45, 2.75) is 37.5 Å². The Morgan fingerprint density at radius 3 is 2.49 bits per heavy atom. The Morgan fingerprint density at radius 1 is 1.07 bits per heavy atom. The van der Waals surface area contributed by atoms with E-state index < -0.39 is 22.2 Å². The first kappa shape index (κ1) is 30.7. The van der Waals surface area contributed by atoms with Crippen molar-refractivity contribution in [3.8, 4) is 16.9 Å². The molecule has 9 nitrogen and oxygen atoms in total. The number of likely N-dealkylation sites (N-methyl/N-ethyl adjacent to an activating group) is 1. The second-order valence-corrected chi connectivity index (χ2v) is 13.2. The van der Waals surface area contributed by atoms with Crippen molar-refractivity contribution >= 4 is 26.8 Å². The lowest BCUT2D eigenvalue weighted by molar-refractivity contribution is -0.0147. The highest BCUT2D eigenvalue weighted by Gasteiger charge is 2.35. The van der Waals surface area contributed by atoms with Gasteiger partial charge < -0.3 is 24.0 Å². The predicted molar refractivity (Wildman–Crippen MR) is 166 cm³/mol. The zero-order chi connectivity index (χ0) is 30.9. The summed E-state index contributed by atoms with van der Waals surface area (Å²) in [5, 5.41) is 11.2. The van der Waals surface area contributed by atoms with E-state index in [0.29, 0.717) is 5.69 Å². The molecule has 0 saturated carbocycles. The fourth-order valence-corrected chi connectivity index (χ4v) is 7.21. The van der Waals surface area contributed by atoms with Crippen molar-refractivity contribution in [1.82, 2.24) is 13.8 Å². The molecule has 10 heteroatoms. The Hall–Kier alpha value is -3.70. The van der Waals surface area contributed by atoms with Crippen LogP contribution in [0.1, 0.15) is 29.9 Å². The number of hydrogen-bond acceptors (Lipinski definition) is 6. The zero-order valence-corrected chi connectivity index (χ0v) is 26.0. The van der Waals surface area contributed by atoms with Crippen LogP contribution in [0, 0.1) is 5.92 Å². The fraction of sp³-hybridized carbons (Fsp3) is 0.364. The van der Waals surface area contributed by atoms with Crippen molar-refractivity contribution in [2.24, 2.45) is 13.0 Å². The number of sulfonamides is 1. The number of aliphatic hydroxyl groups excluding tert-OH is 1. The molecule has 5 rings (SSSR count). The third-order valence-electron chi connectivity index (χ3n) is 8.42. The van der Waals surface area contributed by atoms with Gasteiger partial charge in [-0.15, -0.1) is 0 Å². The number of nitrogens with zero attached hydrogens (tertiary/aromatic N) is 3. The Bertz CT molecular complexity index is 1730. The molecule has 0 spiro atoms. The molecule has 0 saturated heterocycles. The van der Waals surface area contributed by atoms with Crippen LogP contribution in [0.3, 0.4) is 0 Å². The summed E-state index contributed by atoms with van der Waals surface area (Å²) in [6.07, 6.45) is -0.568. The Morgan fingerprint density at radius 2 is 1.74 bits per heavy atom. The molecular formula is C33H39N3O6S. The van der Waals surface area contributed by atoms with Crippen LogP contribution in [0.5, 0.6) is 5.75 Å². The van der Waals surface area contributed by atoms with E-state index in [4.69, 9.17) is 9.47 Å². The fourth-order valence-electron chi connectivity index (χ4n) is 5.88. The molecule has 1 N–H and O–H groups in total. The van der Waals surface area contributed by atoms with E-state index >= 15 is 0 Å². The summed E-state index contributed by atoms with van der Waals surface area (Å²) < 4.78 is 42.4. The lowest BCUT2D eigenvalue weighted by Gasteiger charge is -2.35. The quantitative estimate of drug-likeness (QED) is 0.332. The van der Waals surface area contributed by atoms with Crippen LogP contribution in [0.2, 0.25) is 0 Å². The molecule has 4 aromatic rings. The average molecular weight is 606 g/mol. The van der Waals surface area contributed by atoms with Gasteiger partial charge in [0.05, 0.1) is 32.5 Å². The summed E-state index contributed by atoms with van der Waals surface area (Å²) in [6.45, 7) is 4.07. The summed E-state index contributed by atoms with van der Waals surface area (Å²) in [7, 11) is 0.944. The van der Waals surface area contributed by atoms with E-state index in [9.17, 15) is 18.3 Å². The Labute approximate surface area is 253 Å². The van der Waals surface area contributed by atoms with Gasteiger partial charge in [-0.1, -0.05) is 61.5 Å². The molecule has 3 atom stereocenters. The van der Waals surface area contributed by atoms with E-state index in [1.54, 1.807) is 23.1 Å². The standard InChI is InChI=1S/C33H39N3O6S/c1-22-18-36(23(2)20-37)33(38)32-31(26-14-8-9-15-27(26)35(32)4)25-13-7-6-12-24(25)21-42-29(22)19-34(3)43(39,40)30-17-11-10-16-28(30)41-5/h6-17,22-23,29,37H,18-21H2,1-5H3/t22-,23-,29-/m0/s1. The van der Waals surface area contributed by atoms with Crippen LogP contribution in [0.4, 0.5) is 0 Å². The number of hydrogen-bond donors (Lipinski definition) is 1. The van der Waals surface area contributed by atoms with E-state index in [-0.39, 0.29) is 48.8 Å². The molecule has 0 radical (unpaired) electrons. The first-order valence-electron chi connectivity index (χ1n) is 14.4. The highest BCUT2D eigenvalue weighted by atomic mass is 32.2. The van der Waals surface area contributed by atoms with Gasteiger partial charge in [-0.05, 0) is 36.2 Å². The topological polar surface area (TPSA) is 101 Å². The maximum Gasteiger partial charge on any atom is 0.271 e. The minimum absolute atomic E-state index is 0.0507. The molecule has 1 aliphatic rings. The highest BCUT2D eigenvalue weighted by Crippen LogP contribution is 2.38. The largest absolute Gasteiger partial charge is 0.495 e. The predicted octanol–water partition coefficient (Wildman–Crippen LogP) is 4.53. The Kier molecular flexibility index (Phi) is 8.94. The molecule has 0 aliphatic carbocycles. The third-order valence-corrected chi connectivity index (χ3v) is 10.3. The minimum atomic E-state index is -3.92. The molecular weight excluding hydrogens is 566 g/mol. The van der Waals surface area contributed by atoms with Gasteiger partial charge in [0.25, 0.3) is 5.91 Å². The number of aryl methyl sites for hydroxylation is 1. The summed E-state index contributed by atoms with van der Waals surface area (Å²) in [6, 6.07) is 21.8. The summed E-state index contributed by atoms with van der Waals surface area (Å²) in [4.78, 5) is 16.2. The number of ether oxygens (including phenoxy) is 2. The molecule has 0 unspecified atom stereocenters. The van der Waals surface area contributed by atoms with Gasteiger partial charge >= 0.3 is 0 Å². The van der Waals surface area contributed by atoms with Crippen LogP contribution in [-0.2, 0) is 28.4 Å². The normalized spacial score (nSPS) is 18.7. The lowest BCUT2D eigenvalue weighted by atomic mass is 9.96. The van der Waals surface area contributed by atoms with E-state index in [1.165, 1.54) is 24.5 Å². The third kappa shape index (κ3) is 5.68. The first-order chi connectivity index (χ1) is 20.6. The maximum absolute atomic E-state index is 14.5. The van der Waals surface area contributed by atoms with Crippen LogP contribution in [-0.4, -0.2) is 79.2 Å². The number of para-hydroxylation sites is 2. The Balaban J connectivity index is 1.60. The molecule has 0 bridgehead atoms. The molecule has 1 amide bonds. The molecule has 1 aliphatic heterocycles. The number of amides is 1. The van der Waals surface area contributed by atoms with E-state index in [1.807, 2.05) is 74.0 Å². The minimum Gasteiger partial charge on any atom is -0.495 e. The molecule has 228 valence electrons. The van der Waals surface area contributed by atoms with Crippen LogP contribution < -0.4 is 4.74 Å². The molecule has 0 fully saturated rings. The highest BCUT2D eigenvalue weighted by molar-refractivity contribution is 7.89. The van der Waals surface area contributed by atoms with Gasteiger partial charge in [-0.25, -0.2) is 8.42 Å². The number of aromatic nitrogens is 1. The smallest absolute Gasteiger partial charge is 0.271 e. The number of benzene rings is 3. The van der Waals surface area contributed by atoms with Crippen molar-refractivity contribution in [3.05, 3.63) is 84.1 Å². The second kappa shape index (κ2) is 12.5. The molecule has 3 aromatic carbocycles. The van der Waals surface area contributed by atoms with Crippen LogP contribution >= 0.6 is 0 Å². The van der Waals surface area contributed by atoms with Gasteiger partial charge in [0.15, 0.2) is 0 Å². The number of carbonyl (C=O) groups is 1. The first-order valence-corrected chi connectivity index (χ1v) is 15.8. The van der Waals surface area contributed by atoms with E-state index in [2.05, 4.69) is 0 Å². The van der Waals surface area contributed by atoms with Crippen LogP contribution in [0.25, 0.3) is 22.0 Å². The van der Waals surface area contributed by atoms with Gasteiger partial charge in [0.2, 0.25) is 10.0 Å². The second-order valence-electron chi connectivity index (χ2n) is 11.2. The lowest BCUT2D eigenvalue weighted by Crippen LogP contribution is -2.48. The van der Waals surface area contributed by atoms with Crippen molar-refractivity contribution in [2.75, 3.05) is 33.9 Å². The van der Waals surface area contributed by atoms with Crippen LogP contribution in [0.15, 0.2) is 77.7 Å². The van der Waals surface area contributed by atoms with Gasteiger partial charge in [-0.3, -0.25) is 4.79 Å². The average Bonchev–Trinajstić information content (AvgIpc) is 3.31. The monoisotopic (exact) mass is 605 g/mol. The molecule has 43 heavy (non-hydrogen) atoms. The number of fused-ring (bicyclic) bond motifs is 5.